The molecule has 2 amide bonds. The first-order chi connectivity index (χ1) is 18.6. The Labute approximate surface area is 234 Å². The number of likely N-dealkylation sites (tertiary alicyclic amines) is 1. The van der Waals surface area contributed by atoms with Crippen molar-refractivity contribution in [3.8, 4) is 0 Å². The quantitative estimate of drug-likeness (QED) is 0.376. The number of alkyl halides is 6. The Hall–Kier alpha value is -2.41. The number of benzene rings is 1. The lowest BCUT2D eigenvalue weighted by Gasteiger charge is -2.48. The van der Waals surface area contributed by atoms with E-state index in [0.717, 1.165) is 16.2 Å². The summed E-state index contributed by atoms with van der Waals surface area (Å²) in [6, 6.07) is 5.64. The molecule has 2 aliphatic rings. The van der Waals surface area contributed by atoms with E-state index >= 15 is 0 Å². The molecule has 0 aromatic heterocycles. The van der Waals surface area contributed by atoms with E-state index < -0.39 is 30.1 Å². The van der Waals surface area contributed by atoms with Crippen LogP contribution in [-0.4, -0.2) is 96.5 Å². The standard InChI is InChI=1S/C26H35ClF6N4O3/c1-4-24(8-10-36(11-9-24)23(39)40-22(25(28,29)30)26(31,32)33)37(5-2)17-19-6-7-20(27)16-21(19)35-14-12-34(13-15-35)18(3)38/h6-7,16,22H,4-5,8-15,17H2,1-3H3. The number of piperazine rings is 1. The summed E-state index contributed by atoms with van der Waals surface area (Å²) in [6.45, 7) is 9.05. The molecule has 0 atom stereocenters. The largest absolute Gasteiger partial charge is 0.434 e. The number of anilines is 1. The summed E-state index contributed by atoms with van der Waals surface area (Å²) in [4.78, 5) is 31.2. The van der Waals surface area contributed by atoms with Crippen LogP contribution in [0.25, 0.3) is 0 Å². The van der Waals surface area contributed by atoms with Gasteiger partial charge in [0.2, 0.25) is 5.91 Å². The first kappa shape index (κ1) is 32.1. The van der Waals surface area contributed by atoms with Crippen LogP contribution < -0.4 is 4.90 Å². The number of nitrogens with zero attached hydrogens (tertiary/aromatic N) is 4. The molecule has 40 heavy (non-hydrogen) atoms. The van der Waals surface area contributed by atoms with Crippen molar-refractivity contribution < 1.29 is 40.7 Å². The van der Waals surface area contributed by atoms with Crippen molar-refractivity contribution >= 4 is 29.3 Å². The lowest BCUT2D eigenvalue weighted by atomic mass is 9.82. The summed E-state index contributed by atoms with van der Waals surface area (Å²) in [5.74, 6) is 0.0237. The molecule has 1 aromatic rings. The average Bonchev–Trinajstić information content (AvgIpc) is 2.89. The van der Waals surface area contributed by atoms with Gasteiger partial charge in [0.15, 0.2) is 0 Å². The molecule has 1 aromatic carbocycles. The second-order valence-electron chi connectivity index (χ2n) is 10.2. The van der Waals surface area contributed by atoms with Gasteiger partial charge in [0.25, 0.3) is 6.10 Å². The first-order valence-electron chi connectivity index (χ1n) is 13.2. The molecule has 226 valence electrons. The molecular formula is C26H35ClF6N4O3. The number of hydrogen-bond donors (Lipinski definition) is 0. The van der Waals surface area contributed by atoms with Gasteiger partial charge in [0.1, 0.15) is 0 Å². The topological polar surface area (TPSA) is 56.3 Å². The maximum Gasteiger partial charge on any atom is 0.434 e. The number of halogens is 7. The smallest absolute Gasteiger partial charge is 0.426 e. The molecule has 2 aliphatic heterocycles. The minimum atomic E-state index is -5.76. The zero-order chi connectivity index (χ0) is 29.9. The van der Waals surface area contributed by atoms with Gasteiger partial charge in [0, 0.05) is 69.0 Å². The lowest BCUT2D eigenvalue weighted by Crippen LogP contribution is -2.57. The van der Waals surface area contributed by atoms with E-state index in [4.69, 9.17) is 11.6 Å². The summed E-state index contributed by atoms with van der Waals surface area (Å²) < 4.78 is 81.2. The average molecular weight is 601 g/mol. The number of piperidine rings is 1. The van der Waals surface area contributed by atoms with E-state index in [-0.39, 0.29) is 19.0 Å². The monoisotopic (exact) mass is 600 g/mol. The van der Waals surface area contributed by atoms with E-state index in [0.29, 0.717) is 63.6 Å². The van der Waals surface area contributed by atoms with Crippen LogP contribution in [0.5, 0.6) is 0 Å². The van der Waals surface area contributed by atoms with Crippen molar-refractivity contribution in [1.29, 1.82) is 0 Å². The van der Waals surface area contributed by atoms with Crippen LogP contribution in [0.1, 0.15) is 45.6 Å². The van der Waals surface area contributed by atoms with Gasteiger partial charge in [-0.15, -0.1) is 0 Å². The number of ether oxygens (including phenoxy) is 1. The number of rotatable bonds is 7. The Morgan fingerprint density at radius 2 is 1.55 bits per heavy atom. The van der Waals surface area contributed by atoms with Crippen LogP contribution in [0.2, 0.25) is 5.02 Å². The zero-order valence-electron chi connectivity index (χ0n) is 22.7. The molecule has 0 aliphatic carbocycles. The lowest BCUT2D eigenvalue weighted by molar-refractivity contribution is -0.308. The third-order valence-electron chi connectivity index (χ3n) is 7.95. The highest BCUT2D eigenvalue weighted by Crippen LogP contribution is 2.38. The van der Waals surface area contributed by atoms with Gasteiger partial charge in [0.05, 0.1) is 0 Å². The van der Waals surface area contributed by atoms with Gasteiger partial charge < -0.3 is 19.4 Å². The van der Waals surface area contributed by atoms with Gasteiger partial charge in [-0.2, -0.15) is 26.3 Å². The summed E-state index contributed by atoms with van der Waals surface area (Å²) in [5, 5.41) is 0.573. The van der Waals surface area contributed by atoms with Gasteiger partial charge in [-0.25, -0.2) is 4.79 Å². The molecule has 0 N–H and O–H groups in total. The second-order valence-corrected chi connectivity index (χ2v) is 10.6. The molecule has 2 saturated heterocycles. The molecule has 0 bridgehead atoms. The minimum Gasteiger partial charge on any atom is -0.426 e. The summed E-state index contributed by atoms with van der Waals surface area (Å²) in [5.41, 5.74) is 1.53. The van der Waals surface area contributed by atoms with E-state index in [2.05, 4.69) is 14.5 Å². The molecule has 3 rings (SSSR count). The van der Waals surface area contributed by atoms with Gasteiger partial charge in [-0.3, -0.25) is 9.69 Å². The van der Waals surface area contributed by atoms with Crippen molar-refractivity contribution in [3.63, 3.8) is 0 Å². The Morgan fingerprint density at radius 1 is 0.975 bits per heavy atom. The molecule has 0 saturated carbocycles. The van der Waals surface area contributed by atoms with Crippen LogP contribution in [-0.2, 0) is 16.1 Å². The Morgan fingerprint density at radius 3 is 2.02 bits per heavy atom. The maximum absolute atomic E-state index is 12.9. The number of amides is 2. The summed E-state index contributed by atoms with van der Waals surface area (Å²) in [7, 11) is 0. The fraction of sp³-hybridized carbons (Fsp3) is 0.692. The third-order valence-corrected chi connectivity index (χ3v) is 8.19. The maximum atomic E-state index is 12.9. The van der Waals surface area contributed by atoms with E-state index in [1.807, 2.05) is 26.0 Å². The van der Waals surface area contributed by atoms with Gasteiger partial charge >= 0.3 is 18.4 Å². The normalized spacial score (nSPS) is 18.4. The van der Waals surface area contributed by atoms with Crippen LogP contribution in [0.3, 0.4) is 0 Å². The molecule has 7 nitrogen and oxygen atoms in total. The summed E-state index contributed by atoms with van der Waals surface area (Å²) in [6.07, 6.45) is -15.9. The molecular weight excluding hydrogens is 566 g/mol. The van der Waals surface area contributed by atoms with Crippen molar-refractivity contribution in [3.05, 3.63) is 28.8 Å². The van der Waals surface area contributed by atoms with E-state index in [9.17, 15) is 35.9 Å². The first-order valence-corrected chi connectivity index (χ1v) is 13.6. The molecule has 14 heteroatoms. The molecule has 2 fully saturated rings. The Balaban J connectivity index is 1.73. The number of carbonyl (C=O) groups is 2. The van der Waals surface area contributed by atoms with Crippen molar-refractivity contribution in [2.75, 3.05) is 50.7 Å². The third kappa shape index (κ3) is 7.45. The minimum absolute atomic E-state index is 0.0237. The van der Waals surface area contributed by atoms with E-state index in [1.54, 1.807) is 17.9 Å². The zero-order valence-corrected chi connectivity index (χ0v) is 23.5. The van der Waals surface area contributed by atoms with Gasteiger partial charge in [-0.05, 0) is 43.5 Å². The SMILES string of the molecule is CCN(Cc1ccc(Cl)cc1N1CCN(C(C)=O)CC1)C1(CC)CCN(C(=O)OC(C(F)(F)F)C(F)(F)F)CC1. The Kier molecular flexibility index (Phi) is 10.1. The predicted molar refractivity (Wildman–Crippen MR) is 138 cm³/mol. The van der Waals surface area contributed by atoms with Crippen molar-refractivity contribution in [2.45, 2.75) is 70.6 Å². The molecule has 0 radical (unpaired) electrons. The fourth-order valence-corrected chi connectivity index (χ4v) is 5.71. The van der Waals surface area contributed by atoms with Crippen LogP contribution in [0.15, 0.2) is 18.2 Å². The summed E-state index contributed by atoms with van der Waals surface area (Å²) >= 11 is 6.33. The molecule has 0 unspecified atom stereocenters. The highest BCUT2D eigenvalue weighted by molar-refractivity contribution is 6.30. The number of hydrogen-bond acceptors (Lipinski definition) is 5. The van der Waals surface area contributed by atoms with Crippen LogP contribution in [0.4, 0.5) is 36.8 Å². The predicted octanol–water partition coefficient (Wildman–Crippen LogP) is 5.70. The van der Waals surface area contributed by atoms with Crippen molar-refractivity contribution in [1.82, 2.24) is 14.7 Å². The van der Waals surface area contributed by atoms with Crippen LogP contribution in [0, 0.1) is 0 Å². The number of carbonyl (C=O) groups excluding carboxylic acids is 2. The highest BCUT2D eigenvalue weighted by atomic mass is 35.5. The Bertz CT molecular complexity index is 1020. The molecule has 2 heterocycles. The molecule has 0 spiro atoms. The van der Waals surface area contributed by atoms with Crippen molar-refractivity contribution in [2.24, 2.45) is 0 Å². The van der Waals surface area contributed by atoms with Crippen LogP contribution >= 0.6 is 11.6 Å². The van der Waals surface area contributed by atoms with E-state index in [1.165, 1.54) is 0 Å². The van der Waals surface area contributed by atoms with Gasteiger partial charge in [-0.1, -0.05) is 31.5 Å². The second kappa shape index (κ2) is 12.6. The highest BCUT2D eigenvalue weighted by Gasteiger charge is 2.60. The fourth-order valence-electron chi connectivity index (χ4n) is 5.54.